The second-order valence-electron chi connectivity index (χ2n) is 5.42. The van der Waals surface area contributed by atoms with E-state index >= 15 is 0 Å². The van der Waals surface area contributed by atoms with Gasteiger partial charge in [0, 0.05) is 17.5 Å². The third kappa shape index (κ3) is 1.95. The summed E-state index contributed by atoms with van der Waals surface area (Å²) in [5, 5.41) is 14.2. The van der Waals surface area contributed by atoms with Gasteiger partial charge in [-0.3, -0.25) is 0 Å². The molecular weight excluding hydrogens is 290 g/mol. The molecule has 0 aliphatic rings. The Bertz CT molecular complexity index is 1060. The number of nitrogens with zero attached hydrogens (tertiary/aromatic N) is 1. The van der Waals surface area contributed by atoms with Gasteiger partial charge in [-0.05, 0) is 29.7 Å². The summed E-state index contributed by atoms with van der Waals surface area (Å²) in [4.78, 5) is 0. The highest BCUT2D eigenvalue weighted by atomic mass is 16.5. The molecule has 0 saturated carbocycles. The number of ether oxygens (including phenoxy) is 2. The highest BCUT2D eigenvalue weighted by Gasteiger charge is 2.15. The first-order chi connectivity index (χ1) is 11.2. The number of hydrogen-bond donors (Lipinski definition) is 1. The predicted molar refractivity (Wildman–Crippen MR) is 89.4 cm³/mol. The van der Waals surface area contributed by atoms with Crippen molar-refractivity contribution in [2.45, 2.75) is 0 Å². The van der Waals surface area contributed by atoms with Crippen molar-refractivity contribution >= 4 is 27.1 Å². The lowest BCUT2D eigenvalue weighted by atomic mass is 10.1. The van der Waals surface area contributed by atoms with Crippen molar-refractivity contribution in [3.63, 3.8) is 0 Å². The van der Waals surface area contributed by atoms with E-state index < -0.39 is 0 Å². The number of fused-ring (bicyclic) bond motifs is 4. The van der Waals surface area contributed by atoms with Crippen LogP contribution in [0.4, 0.5) is 0 Å². The van der Waals surface area contributed by atoms with Gasteiger partial charge in [0.05, 0.1) is 25.0 Å². The Balaban J connectivity index is 2.14. The zero-order chi connectivity index (χ0) is 16.0. The fraction of sp³-hybridized carbons (Fsp3) is 0.105. The number of phenols is 1. The molecule has 4 heteroatoms. The monoisotopic (exact) mass is 306 g/mol. The highest BCUT2D eigenvalue weighted by molar-refractivity contribution is 6.01. The first-order valence-electron chi connectivity index (χ1n) is 7.33. The Hall–Kier alpha value is -3.01. The number of phenolic OH excluding ortho intramolecular Hbond substituents is 1. The van der Waals surface area contributed by atoms with Crippen molar-refractivity contribution in [2.75, 3.05) is 14.2 Å². The first kappa shape index (κ1) is 13.6. The Labute approximate surface area is 133 Å². The summed E-state index contributed by atoms with van der Waals surface area (Å²) in [7, 11) is 3.23. The lowest BCUT2D eigenvalue weighted by Gasteiger charge is -2.07. The molecule has 0 aliphatic heterocycles. The average molecular weight is 306 g/mol. The van der Waals surface area contributed by atoms with Crippen LogP contribution in [0.1, 0.15) is 0 Å². The van der Waals surface area contributed by atoms with E-state index in [1.165, 1.54) is 0 Å². The number of aromatic nitrogens is 1. The number of benzene rings is 2. The minimum Gasteiger partial charge on any atom is -0.504 e. The van der Waals surface area contributed by atoms with Crippen LogP contribution in [-0.4, -0.2) is 19.3 Å². The summed E-state index contributed by atoms with van der Waals surface area (Å²) in [6.45, 7) is 0. The van der Waals surface area contributed by atoms with E-state index in [0.717, 1.165) is 32.8 Å². The minimum absolute atomic E-state index is 0.158. The van der Waals surface area contributed by atoms with E-state index in [-0.39, 0.29) is 5.75 Å². The average Bonchev–Trinajstić information content (AvgIpc) is 2.60. The molecule has 4 rings (SSSR count). The second-order valence-corrected chi connectivity index (χ2v) is 5.42. The molecule has 2 aromatic carbocycles. The van der Waals surface area contributed by atoms with E-state index in [0.29, 0.717) is 5.75 Å². The van der Waals surface area contributed by atoms with Crippen LogP contribution in [0.25, 0.3) is 27.1 Å². The van der Waals surface area contributed by atoms with Gasteiger partial charge >= 0.3 is 0 Å². The van der Waals surface area contributed by atoms with Crippen LogP contribution in [0.2, 0.25) is 0 Å². The molecule has 0 amide bonds. The van der Waals surface area contributed by atoms with Crippen LogP contribution in [-0.2, 0) is 0 Å². The fourth-order valence-corrected chi connectivity index (χ4v) is 3.07. The number of pyridine rings is 2. The van der Waals surface area contributed by atoms with Crippen LogP contribution in [0, 0.1) is 0 Å². The van der Waals surface area contributed by atoms with E-state index in [2.05, 4.69) is 12.1 Å². The molecule has 4 nitrogen and oxygen atoms in total. The summed E-state index contributed by atoms with van der Waals surface area (Å²) in [5.41, 5.74) is 1.05. The van der Waals surface area contributed by atoms with Crippen molar-refractivity contribution in [3.05, 3.63) is 54.9 Å². The van der Waals surface area contributed by atoms with Crippen molar-refractivity contribution in [3.8, 4) is 17.2 Å². The minimum atomic E-state index is 0.158. The third-order valence-corrected chi connectivity index (χ3v) is 4.24. The summed E-state index contributed by atoms with van der Waals surface area (Å²) >= 11 is 0. The topological polar surface area (TPSA) is 42.8 Å². The summed E-state index contributed by atoms with van der Waals surface area (Å²) in [6, 6.07) is 13.8. The predicted octanol–water partition coefficient (Wildman–Crippen LogP) is 3.45. The SMILES string of the molecule is COc1ccc2cc3c4cccc(OC)c4cc[n+]3cc2c1O. The van der Waals surface area contributed by atoms with Crippen molar-refractivity contribution in [1.82, 2.24) is 0 Å². The van der Waals surface area contributed by atoms with Gasteiger partial charge in [-0.15, -0.1) is 0 Å². The molecule has 2 aromatic heterocycles. The molecule has 2 heterocycles. The number of aromatic hydroxyl groups is 1. The van der Waals surface area contributed by atoms with Crippen molar-refractivity contribution in [1.29, 1.82) is 0 Å². The van der Waals surface area contributed by atoms with Gasteiger partial charge in [-0.2, -0.15) is 4.40 Å². The quantitative estimate of drug-likeness (QED) is 0.350. The Morgan fingerprint density at radius 1 is 0.870 bits per heavy atom. The Morgan fingerprint density at radius 2 is 1.70 bits per heavy atom. The molecule has 0 spiro atoms. The molecule has 0 saturated heterocycles. The van der Waals surface area contributed by atoms with Crippen LogP contribution in [0.3, 0.4) is 0 Å². The summed E-state index contributed by atoms with van der Waals surface area (Å²) in [5.74, 6) is 1.48. The lowest BCUT2D eigenvalue weighted by Crippen LogP contribution is -2.20. The normalized spacial score (nSPS) is 11.2. The lowest BCUT2D eigenvalue weighted by molar-refractivity contribution is -0.509. The molecule has 114 valence electrons. The number of methoxy groups -OCH3 is 2. The maximum Gasteiger partial charge on any atom is 0.219 e. The van der Waals surface area contributed by atoms with E-state index in [1.54, 1.807) is 20.3 Å². The van der Waals surface area contributed by atoms with E-state index in [4.69, 9.17) is 9.47 Å². The van der Waals surface area contributed by atoms with Gasteiger partial charge in [0.2, 0.25) is 5.52 Å². The van der Waals surface area contributed by atoms with Crippen LogP contribution in [0.5, 0.6) is 17.2 Å². The molecule has 0 unspecified atom stereocenters. The molecule has 4 aromatic rings. The summed E-state index contributed by atoms with van der Waals surface area (Å²) in [6.07, 6.45) is 3.89. The molecule has 0 radical (unpaired) electrons. The summed E-state index contributed by atoms with van der Waals surface area (Å²) < 4.78 is 12.6. The van der Waals surface area contributed by atoms with Crippen molar-refractivity contribution in [2.24, 2.45) is 0 Å². The van der Waals surface area contributed by atoms with Crippen LogP contribution in [0.15, 0.2) is 54.9 Å². The van der Waals surface area contributed by atoms with E-state index in [1.807, 2.05) is 41.1 Å². The van der Waals surface area contributed by atoms with Gasteiger partial charge in [-0.25, -0.2) is 0 Å². The zero-order valence-electron chi connectivity index (χ0n) is 12.9. The third-order valence-electron chi connectivity index (χ3n) is 4.24. The molecule has 1 N–H and O–H groups in total. The van der Waals surface area contributed by atoms with Crippen LogP contribution >= 0.6 is 0 Å². The number of hydrogen-bond acceptors (Lipinski definition) is 3. The fourth-order valence-electron chi connectivity index (χ4n) is 3.07. The Morgan fingerprint density at radius 3 is 2.48 bits per heavy atom. The van der Waals surface area contributed by atoms with Gasteiger partial charge in [-0.1, -0.05) is 6.07 Å². The van der Waals surface area contributed by atoms with Gasteiger partial charge in [0.1, 0.15) is 5.75 Å². The smallest absolute Gasteiger partial charge is 0.219 e. The molecule has 0 bridgehead atoms. The highest BCUT2D eigenvalue weighted by Crippen LogP contribution is 2.35. The molecule has 23 heavy (non-hydrogen) atoms. The maximum absolute atomic E-state index is 10.3. The first-order valence-corrected chi connectivity index (χ1v) is 7.33. The zero-order valence-corrected chi connectivity index (χ0v) is 12.9. The Kier molecular flexibility index (Phi) is 2.98. The standard InChI is InChI=1S/C19H15NO3/c1-22-17-5-3-4-13-14(17)8-9-20-11-15-12(10-16(13)20)6-7-18(23-2)19(15)21/h3-11H,1-2H3/p+1. The maximum atomic E-state index is 10.3. The van der Waals surface area contributed by atoms with Crippen molar-refractivity contribution < 1.29 is 19.0 Å². The molecule has 0 fully saturated rings. The van der Waals surface area contributed by atoms with E-state index in [9.17, 15) is 5.11 Å². The number of rotatable bonds is 2. The molecule has 0 aliphatic carbocycles. The molecular formula is C19H16NO3+. The van der Waals surface area contributed by atoms with Gasteiger partial charge in [0.15, 0.2) is 23.9 Å². The van der Waals surface area contributed by atoms with Gasteiger partial charge in [0.25, 0.3) is 0 Å². The van der Waals surface area contributed by atoms with Crippen LogP contribution < -0.4 is 13.9 Å². The van der Waals surface area contributed by atoms with Gasteiger partial charge < -0.3 is 14.6 Å². The molecule has 0 atom stereocenters. The largest absolute Gasteiger partial charge is 0.504 e. The second kappa shape index (κ2) is 5.02.